The number of amides is 1. The molecule has 6 heteroatoms. The molecule has 0 atom stereocenters. The number of para-hydroxylation sites is 1. The number of nitrogens with zero attached hydrogens (tertiary/aromatic N) is 3. The van der Waals surface area contributed by atoms with Crippen LogP contribution in [-0.4, -0.2) is 22.5 Å². The van der Waals surface area contributed by atoms with Crippen LogP contribution in [0.25, 0.3) is 10.2 Å². The van der Waals surface area contributed by atoms with Crippen LogP contribution in [0.5, 0.6) is 5.75 Å². The first-order valence-corrected chi connectivity index (χ1v) is 10.7. The summed E-state index contributed by atoms with van der Waals surface area (Å²) in [5.74, 6) is 0.740. The van der Waals surface area contributed by atoms with Crippen LogP contribution in [0.4, 0.5) is 5.13 Å². The maximum Gasteiger partial charge on any atom is 0.233 e. The van der Waals surface area contributed by atoms with Crippen LogP contribution in [0.2, 0.25) is 0 Å². The number of carbonyl (C=O) groups is 1. The summed E-state index contributed by atoms with van der Waals surface area (Å²) < 4.78 is 6.72. The highest BCUT2D eigenvalue weighted by Gasteiger charge is 2.21. The summed E-state index contributed by atoms with van der Waals surface area (Å²) in [6, 6.07) is 17.8. The van der Waals surface area contributed by atoms with Gasteiger partial charge in [0, 0.05) is 12.4 Å². The average Bonchev–Trinajstić information content (AvgIpc) is 3.19. The number of thiazole rings is 1. The number of carbonyl (C=O) groups excluding carboxylic acids is 1. The summed E-state index contributed by atoms with van der Waals surface area (Å²) in [5.41, 5.74) is 3.91. The molecule has 1 amide bonds. The Kier molecular flexibility index (Phi) is 6.05. The van der Waals surface area contributed by atoms with Crippen molar-refractivity contribution in [1.82, 2.24) is 9.97 Å². The summed E-state index contributed by atoms with van der Waals surface area (Å²) in [5, 5.41) is 0.665. The maximum absolute atomic E-state index is 13.3. The molecule has 5 nitrogen and oxygen atoms in total. The second-order valence-corrected chi connectivity index (χ2v) is 8.04. The van der Waals surface area contributed by atoms with Crippen molar-refractivity contribution in [3.05, 3.63) is 83.7 Å². The van der Waals surface area contributed by atoms with Crippen molar-refractivity contribution < 1.29 is 9.53 Å². The van der Waals surface area contributed by atoms with Crippen molar-refractivity contribution >= 4 is 32.6 Å². The number of aromatic nitrogens is 2. The first-order valence-electron chi connectivity index (χ1n) is 9.91. The Labute approximate surface area is 180 Å². The van der Waals surface area contributed by atoms with E-state index in [4.69, 9.17) is 9.72 Å². The number of ether oxygens (including phenoxy) is 1. The lowest BCUT2D eigenvalue weighted by Crippen LogP contribution is -2.31. The SMILES string of the molecule is CCOc1cccc2sc(N(Cc3cccnc3)C(=O)Cc3ccc(C)cc3)nc12. The quantitative estimate of drug-likeness (QED) is 0.416. The highest BCUT2D eigenvalue weighted by Crippen LogP contribution is 2.35. The number of fused-ring (bicyclic) bond motifs is 1. The Bertz CT molecular complexity index is 1140. The topological polar surface area (TPSA) is 55.3 Å². The minimum Gasteiger partial charge on any atom is -0.492 e. The van der Waals surface area contributed by atoms with Gasteiger partial charge in [-0.25, -0.2) is 4.98 Å². The molecule has 0 aliphatic carbocycles. The summed E-state index contributed by atoms with van der Waals surface area (Å²) in [6.07, 6.45) is 3.83. The van der Waals surface area contributed by atoms with Crippen LogP contribution in [-0.2, 0) is 17.8 Å². The van der Waals surface area contributed by atoms with Gasteiger partial charge in [-0.05, 0) is 43.2 Å². The Morgan fingerprint density at radius 2 is 1.90 bits per heavy atom. The molecular weight excluding hydrogens is 394 g/mol. The van der Waals surface area contributed by atoms with Crippen molar-refractivity contribution in [3.63, 3.8) is 0 Å². The molecule has 0 saturated carbocycles. The molecule has 2 aromatic carbocycles. The van der Waals surface area contributed by atoms with E-state index in [0.717, 1.165) is 27.1 Å². The molecule has 0 aliphatic rings. The molecule has 4 rings (SSSR count). The van der Waals surface area contributed by atoms with Crippen LogP contribution < -0.4 is 9.64 Å². The van der Waals surface area contributed by atoms with Crippen molar-refractivity contribution in [3.8, 4) is 5.75 Å². The van der Waals surface area contributed by atoms with E-state index in [-0.39, 0.29) is 5.91 Å². The van der Waals surface area contributed by atoms with Gasteiger partial charge < -0.3 is 4.74 Å². The van der Waals surface area contributed by atoms with E-state index in [2.05, 4.69) is 4.98 Å². The van der Waals surface area contributed by atoms with Gasteiger partial charge in [-0.1, -0.05) is 53.3 Å². The van der Waals surface area contributed by atoms with Crippen molar-refractivity contribution in [2.75, 3.05) is 11.5 Å². The number of anilines is 1. The molecule has 0 fully saturated rings. The van der Waals surface area contributed by atoms with Gasteiger partial charge in [0.25, 0.3) is 0 Å². The number of benzene rings is 2. The number of rotatable bonds is 7. The molecule has 0 saturated heterocycles. The van der Waals surface area contributed by atoms with Crippen LogP contribution in [0.3, 0.4) is 0 Å². The third-order valence-electron chi connectivity index (χ3n) is 4.74. The molecule has 152 valence electrons. The van der Waals surface area contributed by atoms with E-state index < -0.39 is 0 Å². The standard InChI is InChI=1S/C24H23N3O2S/c1-3-29-20-7-4-8-21-23(20)26-24(30-21)27(16-19-6-5-13-25-15-19)22(28)14-18-11-9-17(2)10-12-18/h4-13,15H,3,14,16H2,1-2H3. The molecule has 0 N–H and O–H groups in total. The van der Waals surface area contributed by atoms with Crippen LogP contribution in [0.15, 0.2) is 67.0 Å². The predicted octanol–water partition coefficient (Wildman–Crippen LogP) is 5.17. The molecular formula is C24H23N3O2S. The second kappa shape index (κ2) is 9.05. The molecule has 2 aromatic heterocycles. The van der Waals surface area contributed by atoms with Gasteiger partial charge in [-0.3, -0.25) is 14.7 Å². The first kappa shape index (κ1) is 20.0. The molecule has 0 bridgehead atoms. The molecule has 0 unspecified atom stereocenters. The van der Waals surface area contributed by atoms with E-state index in [1.807, 2.05) is 68.4 Å². The average molecular weight is 418 g/mol. The monoisotopic (exact) mass is 417 g/mol. The smallest absolute Gasteiger partial charge is 0.233 e. The Morgan fingerprint density at radius 3 is 2.63 bits per heavy atom. The summed E-state index contributed by atoms with van der Waals surface area (Å²) in [7, 11) is 0. The van der Waals surface area contributed by atoms with E-state index in [9.17, 15) is 4.79 Å². The van der Waals surface area contributed by atoms with E-state index in [1.165, 1.54) is 16.9 Å². The fourth-order valence-electron chi connectivity index (χ4n) is 3.21. The third-order valence-corrected chi connectivity index (χ3v) is 5.79. The van der Waals surface area contributed by atoms with Crippen molar-refractivity contribution in [2.45, 2.75) is 26.8 Å². The zero-order valence-corrected chi connectivity index (χ0v) is 17.9. The highest BCUT2D eigenvalue weighted by atomic mass is 32.1. The normalized spacial score (nSPS) is 10.9. The second-order valence-electron chi connectivity index (χ2n) is 7.04. The fourth-order valence-corrected chi connectivity index (χ4v) is 4.21. The Balaban J connectivity index is 1.69. The van der Waals surface area contributed by atoms with Crippen LogP contribution in [0, 0.1) is 6.92 Å². The Hall–Kier alpha value is -3.25. The molecule has 0 radical (unpaired) electrons. The zero-order chi connectivity index (χ0) is 20.9. The number of pyridine rings is 1. The van der Waals surface area contributed by atoms with Crippen LogP contribution >= 0.6 is 11.3 Å². The summed E-state index contributed by atoms with van der Waals surface area (Å²) >= 11 is 1.50. The zero-order valence-electron chi connectivity index (χ0n) is 17.0. The van der Waals surface area contributed by atoms with Gasteiger partial charge in [0.15, 0.2) is 5.13 Å². The first-order chi connectivity index (χ1) is 14.6. The lowest BCUT2D eigenvalue weighted by Gasteiger charge is -2.20. The maximum atomic E-state index is 13.3. The van der Waals surface area contributed by atoms with E-state index in [0.29, 0.717) is 24.7 Å². The molecule has 0 aliphatic heterocycles. The van der Waals surface area contributed by atoms with Gasteiger partial charge in [-0.15, -0.1) is 0 Å². The van der Waals surface area contributed by atoms with Gasteiger partial charge in [0.05, 0.1) is 24.3 Å². The molecule has 30 heavy (non-hydrogen) atoms. The van der Waals surface area contributed by atoms with Gasteiger partial charge in [0.1, 0.15) is 11.3 Å². The van der Waals surface area contributed by atoms with Gasteiger partial charge >= 0.3 is 0 Å². The van der Waals surface area contributed by atoms with E-state index in [1.54, 1.807) is 17.3 Å². The molecule has 2 heterocycles. The predicted molar refractivity (Wildman–Crippen MR) is 121 cm³/mol. The third kappa shape index (κ3) is 4.49. The minimum absolute atomic E-state index is 0.000257. The van der Waals surface area contributed by atoms with Gasteiger partial charge in [0.2, 0.25) is 5.91 Å². The van der Waals surface area contributed by atoms with E-state index >= 15 is 0 Å². The fraction of sp³-hybridized carbons (Fsp3) is 0.208. The van der Waals surface area contributed by atoms with Crippen molar-refractivity contribution in [1.29, 1.82) is 0 Å². The Morgan fingerprint density at radius 1 is 1.07 bits per heavy atom. The largest absolute Gasteiger partial charge is 0.492 e. The lowest BCUT2D eigenvalue weighted by molar-refractivity contribution is -0.118. The summed E-state index contributed by atoms with van der Waals surface area (Å²) in [4.78, 5) is 24.1. The lowest BCUT2D eigenvalue weighted by atomic mass is 10.1. The molecule has 4 aromatic rings. The summed E-state index contributed by atoms with van der Waals surface area (Å²) in [6.45, 7) is 4.98. The number of hydrogen-bond donors (Lipinski definition) is 0. The van der Waals surface area contributed by atoms with Gasteiger partial charge in [-0.2, -0.15) is 0 Å². The van der Waals surface area contributed by atoms with Crippen LogP contribution in [0.1, 0.15) is 23.6 Å². The highest BCUT2D eigenvalue weighted by molar-refractivity contribution is 7.22. The molecule has 0 spiro atoms. The van der Waals surface area contributed by atoms with Crippen molar-refractivity contribution in [2.24, 2.45) is 0 Å². The number of hydrogen-bond acceptors (Lipinski definition) is 5. The minimum atomic E-state index is -0.000257. The number of aryl methyl sites for hydroxylation is 1.